The largest absolute Gasteiger partial charge is 0.393 e. The summed E-state index contributed by atoms with van der Waals surface area (Å²) < 4.78 is 0. The maximum Gasteiger partial charge on any atom is 0.136 e. The van der Waals surface area contributed by atoms with Gasteiger partial charge in [0.2, 0.25) is 0 Å². The maximum atomic E-state index is 13.2. The molecule has 7 atom stereocenters. The third-order valence-corrected chi connectivity index (χ3v) is 9.01. The van der Waals surface area contributed by atoms with Crippen molar-refractivity contribution in [2.24, 2.45) is 40.4 Å². The van der Waals surface area contributed by atoms with Crippen LogP contribution in [0.3, 0.4) is 0 Å². The highest BCUT2D eigenvalue weighted by Crippen LogP contribution is 2.67. The van der Waals surface area contributed by atoms with Crippen molar-refractivity contribution < 1.29 is 9.90 Å². The Bertz CT molecular complexity index is 498. The lowest BCUT2D eigenvalue weighted by Crippen LogP contribution is -2.57. The molecule has 0 saturated heterocycles. The normalized spacial score (nSPS) is 52.9. The fraction of sp³-hybridized carbons (Fsp3) is 0.952. The zero-order valence-corrected chi connectivity index (χ0v) is 15.2. The molecule has 2 unspecified atom stereocenters. The molecule has 130 valence electrons. The Balaban J connectivity index is 1.69. The summed E-state index contributed by atoms with van der Waals surface area (Å²) in [6.07, 6.45) is 10.1. The number of ketones is 1. The second-order valence-electron chi connectivity index (χ2n) is 9.86. The molecule has 23 heavy (non-hydrogen) atoms. The summed E-state index contributed by atoms with van der Waals surface area (Å²) >= 11 is 0. The molecule has 0 bridgehead atoms. The van der Waals surface area contributed by atoms with Gasteiger partial charge in [-0.15, -0.1) is 0 Å². The van der Waals surface area contributed by atoms with Crippen LogP contribution < -0.4 is 0 Å². The number of carbonyl (C=O) groups is 1. The van der Waals surface area contributed by atoms with Crippen molar-refractivity contribution in [2.45, 2.75) is 84.7 Å². The Morgan fingerprint density at radius 2 is 1.87 bits per heavy atom. The fourth-order valence-corrected chi connectivity index (χ4v) is 7.63. The average molecular weight is 319 g/mol. The molecular formula is C21H34O2. The predicted octanol–water partition coefficient (Wildman–Crippen LogP) is 4.60. The van der Waals surface area contributed by atoms with Crippen molar-refractivity contribution in [1.29, 1.82) is 0 Å². The van der Waals surface area contributed by atoms with Crippen LogP contribution in [-0.4, -0.2) is 17.0 Å². The third-order valence-electron chi connectivity index (χ3n) is 9.01. The third kappa shape index (κ3) is 2.12. The quantitative estimate of drug-likeness (QED) is 0.767. The van der Waals surface area contributed by atoms with Gasteiger partial charge in [-0.1, -0.05) is 27.2 Å². The van der Waals surface area contributed by atoms with E-state index in [1.165, 1.54) is 32.1 Å². The van der Waals surface area contributed by atoms with E-state index in [4.69, 9.17) is 0 Å². The van der Waals surface area contributed by atoms with E-state index in [1.54, 1.807) is 0 Å². The SMILES string of the molecule is CC(C)[C@@]12CCCC1[C@@H]1C(=O)C[C@@H]3C[C@H](O)CC[C@]3(C)C1CC2. The van der Waals surface area contributed by atoms with E-state index in [-0.39, 0.29) is 6.10 Å². The van der Waals surface area contributed by atoms with Crippen molar-refractivity contribution in [3.05, 3.63) is 0 Å². The molecule has 0 aromatic carbocycles. The number of aliphatic hydroxyl groups is 1. The Morgan fingerprint density at radius 3 is 2.61 bits per heavy atom. The summed E-state index contributed by atoms with van der Waals surface area (Å²) in [6, 6.07) is 0. The van der Waals surface area contributed by atoms with Gasteiger partial charge in [0.15, 0.2) is 0 Å². The summed E-state index contributed by atoms with van der Waals surface area (Å²) in [7, 11) is 0. The number of aliphatic hydroxyl groups excluding tert-OH is 1. The van der Waals surface area contributed by atoms with Crippen LogP contribution in [0.15, 0.2) is 0 Å². The van der Waals surface area contributed by atoms with Gasteiger partial charge in [-0.3, -0.25) is 4.79 Å². The van der Waals surface area contributed by atoms with Gasteiger partial charge < -0.3 is 5.11 Å². The number of hydrogen-bond donors (Lipinski definition) is 1. The minimum Gasteiger partial charge on any atom is -0.393 e. The summed E-state index contributed by atoms with van der Waals surface area (Å²) in [6.45, 7) is 7.26. The van der Waals surface area contributed by atoms with Crippen LogP contribution in [0, 0.1) is 40.4 Å². The van der Waals surface area contributed by atoms with E-state index < -0.39 is 0 Å². The van der Waals surface area contributed by atoms with Gasteiger partial charge in [-0.05, 0) is 79.4 Å². The first-order valence-electron chi connectivity index (χ1n) is 10.1. The predicted molar refractivity (Wildman–Crippen MR) is 91.9 cm³/mol. The van der Waals surface area contributed by atoms with E-state index in [9.17, 15) is 9.90 Å². The van der Waals surface area contributed by atoms with Gasteiger partial charge in [-0.2, -0.15) is 0 Å². The summed E-state index contributed by atoms with van der Waals surface area (Å²) in [5.41, 5.74) is 0.762. The molecular weight excluding hydrogens is 284 g/mol. The summed E-state index contributed by atoms with van der Waals surface area (Å²) in [5.74, 6) is 3.29. The number of Topliss-reactive ketones (excluding diaryl/α,β-unsaturated/α-hetero) is 1. The Hall–Kier alpha value is -0.370. The van der Waals surface area contributed by atoms with Crippen LogP contribution in [-0.2, 0) is 4.79 Å². The van der Waals surface area contributed by atoms with Gasteiger partial charge >= 0.3 is 0 Å². The monoisotopic (exact) mass is 318 g/mol. The molecule has 4 rings (SSSR count). The number of carbonyl (C=O) groups excluding carboxylic acids is 1. The molecule has 0 aromatic heterocycles. The van der Waals surface area contributed by atoms with Gasteiger partial charge in [0.25, 0.3) is 0 Å². The van der Waals surface area contributed by atoms with Gasteiger partial charge in [-0.25, -0.2) is 0 Å². The standard InChI is InChI=1S/C21H34O2/c1-13(2)21-8-4-5-17(21)19-16(7-10-21)20(3)9-6-15(22)11-14(20)12-18(19)23/h13-17,19,22H,4-12H2,1-3H3/t14-,15+,16?,17?,19+,20-,21-/m0/s1. The molecule has 2 nitrogen and oxygen atoms in total. The molecule has 4 saturated carbocycles. The van der Waals surface area contributed by atoms with Crippen molar-refractivity contribution in [3.8, 4) is 0 Å². The first-order valence-corrected chi connectivity index (χ1v) is 10.1. The number of hydrogen-bond acceptors (Lipinski definition) is 2. The highest BCUT2D eigenvalue weighted by molar-refractivity contribution is 5.83. The highest BCUT2D eigenvalue weighted by atomic mass is 16.3. The number of fused-ring (bicyclic) bond motifs is 5. The van der Waals surface area contributed by atoms with E-state index in [1.807, 2.05) is 0 Å². The second kappa shape index (κ2) is 5.31. The second-order valence-corrected chi connectivity index (χ2v) is 9.86. The molecule has 0 heterocycles. The van der Waals surface area contributed by atoms with Crippen LogP contribution in [0.1, 0.15) is 78.6 Å². The van der Waals surface area contributed by atoms with Gasteiger partial charge in [0.05, 0.1) is 6.10 Å². The lowest BCUT2D eigenvalue weighted by molar-refractivity contribution is -0.162. The van der Waals surface area contributed by atoms with Crippen LogP contribution in [0.25, 0.3) is 0 Å². The molecule has 1 N–H and O–H groups in total. The van der Waals surface area contributed by atoms with Crippen molar-refractivity contribution in [2.75, 3.05) is 0 Å². The zero-order chi connectivity index (χ0) is 16.4. The maximum absolute atomic E-state index is 13.2. The molecule has 0 spiro atoms. The first-order chi connectivity index (χ1) is 10.9. The minimum atomic E-state index is -0.165. The van der Waals surface area contributed by atoms with Crippen LogP contribution in [0.5, 0.6) is 0 Å². The lowest BCUT2D eigenvalue weighted by atomic mass is 9.43. The molecule has 0 amide bonds. The van der Waals surface area contributed by atoms with E-state index in [0.29, 0.717) is 46.2 Å². The molecule has 0 radical (unpaired) electrons. The molecule has 0 aromatic rings. The first kappa shape index (κ1) is 16.1. The van der Waals surface area contributed by atoms with Crippen molar-refractivity contribution in [1.82, 2.24) is 0 Å². The van der Waals surface area contributed by atoms with Gasteiger partial charge in [0.1, 0.15) is 5.78 Å². The number of rotatable bonds is 1. The van der Waals surface area contributed by atoms with Crippen molar-refractivity contribution in [3.63, 3.8) is 0 Å². The topological polar surface area (TPSA) is 37.3 Å². The van der Waals surface area contributed by atoms with Gasteiger partial charge in [0, 0.05) is 12.3 Å². The Kier molecular flexibility index (Phi) is 3.72. The zero-order valence-electron chi connectivity index (χ0n) is 15.2. The van der Waals surface area contributed by atoms with Crippen LogP contribution in [0.4, 0.5) is 0 Å². The minimum absolute atomic E-state index is 0.165. The van der Waals surface area contributed by atoms with E-state index in [2.05, 4.69) is 20.8 Å². The molecule has 4 fully saturated rings. The van der Waals surface area contributed by atoms with Crippen LogP contribution in [0.2, 0.25) is 0 Å². The highest BCUT2D eigenvalue weighted by Gasteiger charge is 2.62. The van der Waals surface area contributed by atoms with Crippen molar-refractivity contribution >= 4 is 5.78 Å². The fourth-order valence-electron chi connectivity index (χ4n) is 7.63. The van der Waals surface area contributed by atoms with E-state index >= 15 is 0 Å². The smallest absolute Gasteiger partial charge is 0.136 e. The summed E-state index contributed by atoms with van der Waals surface area (Å²) in [5, 5.41) is 10.1. The Labute approximate surface area is 141 Å². The summed E-state index contributed by atoms with van der Waals surface area (Å²) in [4.78, 5) is 13.2. The Morgan fingerprint density at radius 1 is 1.09 bits per heavy atom. The lowest BCUT2D eigenvalue weighted by Gasteiger charge is -2.60. The molecule has 0 aliphatic heterocycles. The molecule has 2 heteroatoms. The van der Waals surface area contributed by atoms with E-state index in [0.717, 1.165) is 25.7 Å². The molecule has 4 aliphatic carbocycles. The van der Waals surface area contributed by atoms with Crippen LogP contribution >= 0.6 is 0 Å². The average Bonchev–Trinajstić information content (AvgIpc) is 2.94. The molecule has 4 aliphatic rings.